The molecule has 6 nitrogen and oxygen atoms in total. The second-order valence-electron chi connectivity index (χ2n) is 5.25. The minimum Gasteiger partial charge on any atom is -0.326 e. The van der Waals surface area contributed by atoms with Crippen LogP contribution in [-0.2, 0) is 6.54 Å². The maximum atomic E-state index is 12.9. The zero-order chi connectivity index (χ0) is 17.8. The van der Waals surface area contributed by atoms with Gasteiger partial charge in [-0.25, -0.2) is 4.98 Å². The fourth-order valence-electron chi connectivity index (χ4n) is 2.32. The lowest BCUT2D eigenvalue weighted by Crippen LogP contribution is -2.13. The number of nitrogens with zero attached hydrogens (tertiary/aromatic N) is 3. The minimum atomic E-state index is -2.67. The number of hydrogen-bond donors (Lipinski definition) is 2. The van der Waals surface area contributed by atoms with Gasteiger partial charge in [-0.1, -0.05) is 0 Å². The van der Waals surface area contributed by atoms with E-state index >= 15 is 0 Å². The van der Waals surface area contributed by atoms with Crippen LogP contribution in [0.1, 0.15) is 22.5 Å². The third kappa shape index (κ3) is 3.69. The first-order valence-corrected chi connectivity index (χ1v) is 7.45. The summed E-state index contributed by atoms with van der Waals surface area (Å²) in [7, 11) is 0. The number of carbonyl (C=O) groups excluding carboxylic acids is 1. The third-order valence-electron chi connectivity index (χ3n) is 3.57. The van der Waals surface area contributed by atoms with Crippen LogP contribution in [0.4, 0.5) is 14.5 Å². The number of rotatable bonds is 5. The van der Waals surface area contributed by atoms with E-state index in [1.54, 1.807) is 36.5 Å². The molecule has 0 spiro atoms. The summed E-state index contributed by atoms with van der Waals surface area (Å²) in [6.45, 7) is -2.38. The van der Waals surface area contributed by atoms with Gasteiger partial charge in [0.05, 0.1) is 5.56 Å². The first-order chi connectivity index (χ1) is 12.1. The molecule has 0 aliphatic rings. The van der Waals surface area contributed by atoms with Crippen LogP contribution in [0.15, 0.2) is 55.1 Å². The monoisotopic (exact) mass is 343 g/mol. The van der Waals surface area contributed by atoms with Crippen LogP contribution in [0.2, 0.25) is 0 Å². The molecular formula is C17H15F2N5O. The molecule has 0 saturated heterocycles. The molecule has 0 unspecified atom stereocenters. The average Bonchev–Trinajstić information content (AvgIpc) is 3.12. The smallest absolute Gasteiger partial charge is 0.320 e. The Labute approximate surface area is 142 Å². The molecule has 2 aromatic heterocycles. The number of benzene rings is 1. The van der Waals surface area contributed by atoms with Crippen molar-refractivity contribution in [3.8, 4) is 11.4 Å². The zero-order valence-electron chi connectivity index (χ0n) is 13.1. The van der Waals surface area contributed by atoms with Crippen molar-refractivity contribution in [3.05, 3.63) is 66.2 Å². The van der Waals surface area contributed by atoms with Crippen LogP contribution in [0.3, 0.4) is 0 Å². The van der Waals surface area contributed by atoms with Gasteiger partial charge in [-0.2, -0.15) is 8.78 Å². The average molecular weight is 343 g/mol. The highest BCUT2D eigenvalue weighted by Crippen LogP contribution is 2.24. The van der Waals surface area contributed by atoms with Crippen LogP contribution < -0.4 is 11.1 Å². The number of anilines is 1. The Hall–Kier alpha value is -3.13. The first-order valence-electron chi connectivity index (χ1n) is 7.45. The maximum absolute atomic E-state index is 12.9. The van der Waals surface area contributed by atoms with Gasteiger partial charge in [0.25, 0.3) is 5.91 Å². The molecule has 0 aliphatic heterocycles. The van der Waals surface area contributed by atoms with Gasteiger partial charge in [-0.05, 0) is 35.9 Å². The number of alkyl halides is 2. The number of amides is 1. The van der Waals surface area contributed by atoms with Crippen LogP contribution in [0, 0.1) is 0 Å². The number of imidazole rings is 1. The van der Waals surface area contributed by atoms with Crippen molar-refractivity contribution < 1.29 is 13.6 Å². The predicted octanol–water partition coefficient (Wildman–Crippen LogP) is 3.05. The van der Waals surface area contributed by atoms with Gasteiger partial charge >= 0.3 is 6.55 Å². The summed E-state index contributed by atoms with van der Waals surface area (Å²) in [5, 5.41) is 2.72. The van der Waals surface area contributed by atoms with Crippen molar-refractivity contribution in [1.82, 2.24) is 14.5 Å². The van der Waals surface area contributed by atoms with Crippen molar-refractivity contribution >= 4 is 11.6 Å². The SMILES string of the molecule is NCc1cncc(C(=O)Nc2ccc(-c3nccn3C(F)F)cc2)c1. The minimum absolute atomic E-state index is 0.160. The Morgan fingerprint density at radius 1 is 1.24 bits per heavy atom. The van der Waals surface area contributed by atoms with Crippen molar-refractivity contribution in [3.63, 3.8) is 0 Å². The number of halogens is 2. The fraction of sp³-hybridized carbons (Fsp3) is 0.118. The number of nitrogens with two attached hydrogens (primary N) is 1. The van der Waals surface area contributed by atoms with Crippen molar-refractivity contribution in [2.75, 3.05) is 5.32 Å². The second-order valence-corrected chi connectivity index (χ2v) is 5.25. The molecule has 0 fully saturated rings. The summed E-state index contributed by atoms with van der Waals surface area (Å²) in [5.41, 5.74) is 7.73. The van der Waals surface area contributed by atoms with Gasteiger partial charge in [0.15, 0.2) is 0 Å². The van der Waals surface area contributed by atoms with Crippen LogP contribution in [-0.4, -0.2) is 20.4 Å². The zero-order valence-corrected chi connectivity index (χ0v) is 13.1. The quantitative estimate of drug-likeness (QED) is 0.745. The van der Waals surface area contributed by atoms with Gasteiger partial charge < -0.3 is 11.1 Å². The van der Waals surface area contributed by atoms with E-state index in [2.05, 4.69) is 15.3 Å². The highest BCUT2D eigenvalue weighted by molar-refractivity contribution is 6.04. The lowest BCUT2D eigenvalue weighted by Gasteiger charge is -2.09. The Kier molecular flexibility index (Phi) is 4.80. The molecule has 1 amide bonds. The third-order valence-corrected chi connectivity index (χ3v) is 3.57. The molecule has 2 heterocycles. The van der Waals surface area contributed by atoms with Gasteiger partial charge in [0.1, 0.15) is 5.82 Å². The first kappa shape index (κ1) is 16.7. The van der Waals surface area contributed by atoms with E-state index in [1.165, 1.54) is 18.6 Å². The summed E-state index contributed by atoms with van der Waals surface area (Å²) in [6, 6.07) is 8.14. The molecule has 25 heavy (non-hydrogen) atoms. The standard InChI is InChI=1S/C17H15F2N5O/c18-17(19)24-6-5-22-15(24)12-1-3-14(4-2-12)23-16(25)13-7-11(8-20)9-21-10-13/h1-7,9-10,17H,8,20H2,(H,23,25). The Balaban J connectivity index is 1.76. The largest absolute Gasteiger partial charge is 0.326 e. The van der Waals surface area contributed by atoms with E-state index in [4.69, 9.17) is 5.73 Å². The number of hydrogen-bond acceptors (Lipinski definition) is 4. The lowest BCUT2D eigenvalue weighted by molar-refractivity contribution is 0.0720. The summed E-state index contributed by atoms with van der Waals surface area (Å²) in [4.78, 5) is 20.1. The van der Waals surface area contributed by atoms with E-state index in [-0.39, 0.29) is 11.7 Å². The number of nitrogens with one attached hydrogen (secondary N) is 1. The molecule has 0 bridgehead atoms. The van der Waals surface area contributed by atoms with Crippen molar-refractivity contribution in [2.45, 2.75) is 13.1 Å². The molecule has 0 radical (unpaired) electrons. The Bertz CT molecular complexity index is 877. The Morgan fingerprint density at radius 3 is 2.68 bits per heavy atom. The molecule has 3 N–H and O–H groups in total. The van der Waals surface area contributed by atoms with Gasteiger partial charge in [-0.15, -0.1) is 0 Å². The Morgan fingerprint density at radius 2 is 2.00 bits per heavy atom. The predicted molar refractivity (Wildman–Crippen MR) is 89.0 cm³/mol. The molecule has 0 atom stereocenters. The molecule has 3 aromatic rings. The molecule has 1 aromatic carbocycles. The number of carbonyl (C=O) groups is 1. The number of aromatic nitrogens is 3. The molecule has 128 valence electrons. The fourth-order valence-corrected chi connectivity index (χ4v) is 2.32. The second kappa shape index (κ2) is 7.18. The molecule has 0 aliphatic carbocycles. The normalized spacial score (nSPS) is 10.9. The van der Waals surface area contributed by atoms with Crippen LogP contribution in [0.5, 0.6) is 0 Å². The molecular weight excluding hydrogens is 328 g/mol. The van der Waals surface area contributed by atoms with Gasteiger partial charge in [0.2, 0.25) is 0 Å². The van der Waals surface area contributed by atoms with Crippen LogP contribution in [0.25, 0.3) is 11.4 Å². The van der Waals surface area contributed by atoms with E-state index in [9.17, 15) is 13.6 Å². The number of pyridine rings is 1. The van der Waals surface area contributed by atoms with Crippen LogP contribution >= 0.6 is 0 Å². The summed E-state index contributed by atoms with van der Waals surface area (Å²) in [5.74, 6) is -0.169. The topological polar surface area (TPSA) is 85.8 Å². The summed E-state index contributed by atoms with van der Waals surface area (Å²) >= 11 is 0. The molecule has 0 saturated carbocycles. The van der Waals surface area contributed by atoms with Gasteiger partial charge in [-0.3, -0.25) is 14.3 Å². The highest BCUT2D eigenvalue weighted by Gasteiger charge is 2.13. The summed E-state index contributed by atoms with van der Waals surface area (Å²) < 4.78 is 26.6. The van der Waals surface area contributed by atoms with Crippen molar-refractivity contribution in [2.24, 2.45) is 5.73 Å². The summed E-state index contributed by atoms with van der Waals surface area (Å²) in [6.07, 6.45) is 5.57. The molecule has 8 heteroatoms. The van der Waals surface area contributed by atoms with Crippen molar-refractivity contribution in [1.29, 1.82) is 0 Å². The van der Waals surface area contributed by atoms with E-state index in [0.717, 1.165) is 10.1 Å². The van der Waals surface area contributed by atoms with Gasteiger partial charge in [0, 0.05) is 42.6 Å². The maximum Gasteiger partial charge on any atom is 0.320 e. The highest BCUT2D eigenvalue weighted by atomic mass is 19.3. The van der Waals surface area contributed by atoms with E-state index < -0.39 is 6.55 Å². The lowest BCUT2D eigenvalue weighted by atomic mass is 10.1. The van der Waals surface area contributed by atoms with E-state index in [1.807, 2.05) is 0 Å². The van der Waals surface area contributed by atoms with E-state index in [0.29, 0.717) is 23.4 Å². The molecule has 3 rings (SSSR count).